The number of thiazole rings is 1. The minimum atomic E-state index is -3.27. The van der Waals surface area contributed by atoms with Crippen LogP contribution in [0.4, 0.5) is 5.13 Å². The molecule has 0 saturated carbocycles. The zero-order valence-corrected chi connectivity index (χ0v) is 15.8. The molecule has 3 aromatic rings. The number of sulfone groups is 1. The number of benzene rings is 2. The Morgan fingerprint density at radius 3 is 2.44 bits per heavy atom. The SMILES string of the molecule is CCS(=O)(=O)c1ccc(C(=O)Nc2nc3c(C)c(C)ccc3s2)cc1. The van der Waals surface area contributed by atoms with Gasteiger partial charge in [-0.05, 0) is 55.3 Å². The van der Waals surface area contributed by atoms with Gasteiger partial charge >= 0.3 is 0 Å². The topological polar surface area (TPSA) is 76.1 Å². The van der Waals surface area contributed by atoms with Gasteiger partial charge < -0.3 is 0 Å². The van der Waals surface area contributed by atoms with Crippen LogP contribution in [0.2, 0.25) is 0 Å². The highest BCUT2D eigenvalue weighted by Crippen LogP contribution is 2.29. The largest absolute Gasteiger partial charge is 0.298 e. The molecule has 0 atom stereocenters. The average Bonchev–Trinajstić information content (AvgIpc) is 3.01. The maximum atomic E-state index is 12.4. The molecule has 1 aromatic heterocycles. The summed E-state index contributed by atoms with van der Waals surface area (Å²) in [6, 6.07) is 9.98. The number of amides is 1. The summed E-state index contributed by atoms with van der Waals surface area (Å²) in [6.45, 7) is 5.63. The lowest BCUT2D eigenvalue weighted by atomic mass is 10.1. The Morgan fingerprint density at radius 1 is 1.12 bits per heavy atom. The molecule has 0 aliphatic carbocycles. The number of nitrogens with one attached hydrogen (secondary N) is 1. The van der Waals surface area contributed by atoms with Gasteiger partial charge in [0.25, 0.3) is 5.91 Å². The Morgan fingerprint density at radius 2 is 1.80 bits per heavy atom. The van der Waals surface area contributed by atoms with Crippen LogP contribution in [0.15, 0.2) is 41.3 Å². The minimum Gasteiger partial charge on any atom is -0.298 e. The molecule has 0 fully saturated rings. The van der Waals surface area contributed by atoms with E-state index in [1.54, 1.807) is 6.92 Å². The van der Waals surface area contributed by atoms with E-state index in [9.17, 15) is 13.2 Å². The number of rotatable bonds is 4. The number of hydrogen-bond donors (Lipinski definition) is 1. The van der Waals surface area contributed by atoms with Crippen molar-refractivity contribution in [3.05, 3.63) is 53.1 Å². The molecule has 1 N–H and O–H groups in total. The van der Waals surface area contributed by atoms with Crippen LogP contribution in [-0.4, -0.2) is 25.1 Å². The molecule has 0 aliphatic heterocycles. The van der Waals surface area contributed by atoms with Crippen molar-refractivity contribution >= 4 is 42.4 Å². The summed E-state index contributed by atoms with van der Waals surface area (Å²) >= 11 is 1.42. The third-order valence-corrected chi connectivity index (χ3v) is 6.85. The van der Waals surface area contributed by atoms with Gasteiger partial charge in [-0.1, -0.05) is 24.3 Å². The van der Waals surface area contributed by atoms with Crippen molar-refractivity contribution in [2.24, 2.45) is 0 Å². The Bertz CT molecular complexity index is 1050. The normalized spacial score (nSPS) is 11.6. The summed E-state index contributed by atoms with van der Waals surface area (Å²) in [5.74, 6) is -0.280. The van der Waals surface area contributed by atoms with E-state index in [1.807, 2.05) is 26.0 Å². The monoisotopic (exact) mass is 374 g/mol. The zero-order chi connectivity index (χ0) is 18.2. The lowest BCUT2D eigenvalue weighted by Crippen LogP contribution is -2.12. The van der Waals surface area contributed by atoms with Crippen LogP contribution in [0.25, 0.3) is 10.2 Å². The van der Waals surface area contributed by atoms with Crippen LogP contribution in [0, 0.1) is 13.8 Å². The summed E-state index contributed by atoms with van der Waals surface area (Å²) in [5.41, 5.74) is 3.54. The first-order valence-electron chi connectivity index (χ1n) is 7.82. The van der Waals surface area contributed by atoms with Crippen molar-refractivity contribution in [1.29, 1.82) is 0 Å². The highest BCUT2D eigenvalue weighted by Gasteiger charge is 2.14. The van der Waals surface area contributed by atoms with Gasteiger partial charge in [-0.2, -0.15) is 0 Å². The van der Waals surface area contributed by atoms with Gasteiger partial charge in [0.1, 0.15) is 0 Å². The minimum absolute atomic E-state index is 0.0308. The zero-order valence-electron chi connectivity index (χ0n) is 14.2. The van der Waals surface area contributed by atoms with Gasteiger partial charge in [0.15, 0.2) is 15.0 Å². The van der Waals surface area contributed by atoms with Crippen molar-refractivity contribution < 1.29 is 13.2 Å². The third kappa shape index (κ3) is 3.43. The molecular formula is C18H18N2O3S2. The van der Waals surface area contributed by atoms with E-state index in [1.165, 1.54) is 35.6 Å². The molecular weight excluding hydrogens is 356 g/mol. The van der Waals surface area contributed by atoms with Crippen LogP contribution in [0.1, 0.15) is 28.4 Å². The molecule has 0 bridgehead atoms. The summed E-state index contributed by atoms with van der Waals surface area (Å²) in [5, 5.41) is 3.31. The first kappa shape index (κ1) is 17.6. The van der Waals surface area contributed by atoms with Gasteiger partial charge in [0, 0.05) is 5.56 Å². The van der Waals surface area contributed by atoms with Crippen molar-refractivity contribution in [1.82, 2.24) is 4.98 Å². The highest BCUT2D eigenvalue weighted by atomic mass is 32.2. The Hall–Kier alpha value is -2.25. The molecule has 7 heteroatoms. The molecule has 130 valence electrons. The quantitative estimate of drug-likeness (QED) is 0.750. The van der Waals surface area contributed by atoms with Crippen molar-refractivity contribution in [2.75, 3.05) is 11.1 Å². The number of carbonyl (C=O) groups is 1. The van der Waals surface area contributed by atoms with Crippen LogP contribution in [0.3, 0.4) is 0 Å². The summed E-state index contributed by atoms with van der Waals surface area (Å²) < 4.78 is 24.7. The summed E-state index contributed by atoms with van der Waals surface area (Å²) in [4.78, 5) is 17.1. The molecule has 0 saturated heterocycles. The molecule has 1 heterocycles. The first-order chi connectivity index (χ1) is 11.8. The maximum absolute atomic E-state index is 12.4. The Kier molecular flexibility index (Phi) is 4.62. The van der Waals surface area contributed by atoms with Crippen LogP contribution < -0.4 is 5.32 Å². The van der Waals surface area contributed by atoms with Gasteiger partial charge in [0.2, 0.25) is 0 Å². The van der Waals surface area contributed by atoms with E-state index in [0.29, 0.717) is 10.7 Å². The molecule has 2 aromatic carbocycles. The van der Waals surface area contributed by atoms with E-state index in [-0.39, 0.29) is 16.6 Å². The highest BCUT2D eigenvalue weighted by molar-refractivity contribution is 7.91. The second-order valence-electron chi connectivity index (χ2n) is 5.76. The lowest BCUT2D eigenvalue weighted by molar-refractivity contribution is 0.102. The lowest BCUT2D eigenvalue weighted by Gasteiger charge is -2.04. The van der Waals surface area contributed by atoms with Crippen molar-refractivity contribution in [3.63, 3.8) is 0 Å². The summed E-state index contributed by atoms with van der Waals surface area (Å²) in [7, 11) is -3.27. The van der Waals surface area contributed by atoms with Crippen LogP contribution in [0.5, 0.6) is 0 Å². The smallest absolute Gasteiger partial charge is 0.257 e. The molecule has 0 spiro atoms. The average molecular weight is 374 g/mol. The second-order valence-corrected chi connectivity index (χ2v) is 9.06. The number of hydrogen-bond acceptors (Lipinski definition) is 5. The Balaban J connectivity index is 1.84. The van der Waals surface area contributed by atoms with Crippen molar-refractivity contribution in [2.45, 2.75) is 25.7 Å². The molecule has 0 radical (unpaired) electrons. The summed E-state index contributed by atoms with van der Waals surface area (Å²) in [6.07, 6.45) is 0. The van der Waals surface area contributed by atoms with E-state index in [0.717, 1.165) is 21.3 Å². The van der Waals surface area contributed by atoms with Gasteiger partial charge in [0.05, 0.1) is 20.9 Å². The number of aryl methyl sites for hydroxylation is 2. The van der Waals surface area contributed by atoms with Crippen LogP contribution in [-0.2, 0) is 9.84 Å². The second kappa shape index (κ2) is 6.57. The number of carbonyl (C=O) groups excluding carboxylic acids is 1. The molecule has 5 nitrogen and oxygen atoms in total. The number of fused-ring (bicyclic) bond motifs is 1. The molecule has 25 heavy (non-hydrogen) atoms. The fraction of sp³-hybridized carbons (Fsp3) is 0.222. The van der Waals surface area contributed by atoms with Gasteiger partial charge in [-0.25, -0.2) is 13.4 Å². The number of nitrogens with zero attached hydrogens (tertiary/aromatic N) is 1. The molecule has 1 amide bonds. The standard InChI is InChI=1S/C18H18N2O3S2/c1-4-25(22,23)14-8-6-13(7-9-14)17(21)20-18-19-16-12(3)11(2)5-10-15(16)24-18/h5-10H,4H2,1-3H3,(H,19,20,21). The van der Waals surface area contributed by atoms with Crippen molar-refractivity contribution in [3.8, 4) is 0 Å². The van der Waals surface area contributed by atoms with E-state index in [4.69, 9.17) is 0 Å². The first-order valence-corrected chi connectivity index (χ1v) is 10.3. The molecule has 0 aliphatic rings. The van der Waals surface area contributed by atoms with E-state index in [2.05, 4.69) is 10.3 Å². The maximum Gasteiger partial charge on any atom is 0.257 e. The van der Waals surface area contributed by atoms with Gasteiger partial charge in [-0.15, -0.1) is 0 Å². The fourth-order valence-electron chi connectivity index (χ4n) is 2.43. The molecule has 0 unspecified atom stereocenters. The number of aromatic nitrogens is 1. The van der Waals surface area contributed by atoms with Crippen LogP contribution >= 0.6 is 11.3 Å². The van der Waals surface area contributed by atoms with Gasteiger partial charge in [-0.3, -0.25) is 10.1 Å². The molecule has 3 rings (SSSR count). The Labute approximate surface area is 150 Å². The fourth-order valence-corrected chi connectivity index (χ4v) is 4.23. The number of anilines is 1. The predicted molar refractivity (Wildman–Crippen MR) is 101 cm³/mol. The van der Waals surface area contributed by atoms with E-state index >= 15 is 0 Å². The third-order valence-electron chi connectivity index (χ3n) is 4.16. The van der Waals surface area contributed by atoms with E-state index < -0.39 is 9.84 Å². The predicted octanol–water partition coefficient (Wildman–Crippen LogP) is 3.96.